The molecule has 11 heteroatoms. The monoisotopic (exact) mass is 490 g/mol. The molecule has 2 heterocycles. The van der Waals surface area contributed by atoms with Gasteiger partial charge in [-0.3, -0.25) is 14.3 Å². The number of sulfonamides is 1. The van der Waals surface area contributed by atoms with Crippen molar-refractivity contribution >= 4 is 21.8 Å². The molecule has 0 saturated carbocycles. The van der Waals surface area contributed by atoms with Gasteiger partial charge in [0.25, 0.3) is 11.8 Å². The number of aromatic nitrogens is 2. The van der Waals surface area contributed by atoms with E-state index in [0.29, 0.717) is 17.7 Å². The molecule has 1 aliphatic rings. The molecule has 1 atom stereocenters. The predicted molar refractivity (Wildman–Crippen MR) is 129 cm³/mol. The van der Waals surface area contributed by atoms with Crippen LogP contribution in [0, 0.1) is 0 Å². The van der Waals surface area contributed by atoms with Gasteiger partial charge in [0.1, 0.15) is 5.69 Å². The number of carbonyl (C=O) groups is 2. The van der Waals surface area contributed by atoms with E-state index < -0.39 is 28.0 Å². The minimum Gasteiger partial charge on any atom is -0.352 e. The Morgan fingerprint density at radius 2 is 1.85 bits per heavy atom. The van der Waals surface area contributed by atoms with Crippen LogP contribution >= 0.6 is 0 Å². The van der Waals surface area contributed by atoms with Gasteiger partial charge in [0.05, 0.1) is 11.4 Å². The number of rotatable bonds is 7. The molecule has 2 amide bonds. The van der Waals surface area contributed by atoms with E-state index in [1.807, 2.05) is 20.8 Å². The van der Waals surface area contributed by atoms with Crippen molar-refractivity contribution in [3.05, 3.63) is 53.3 Å². The number of hydrogen-bond donors (Lipinski definition) is 2. The summed E-state index contributed by atoms with van der Waals surface area (Å²) in [6, 6.07) is 10.5. The van der Waals surface area contributed by atoms with Crippen molar-refractivity contribution in [3.8, 4) is 0 Å². The SMILES string of the molecule is Cn1nc(C(C)(C)C)cc1C(=O)N1CCCN(S(=O)(=O)Cc2ccccc2)C1C(=O)NCCN. The lowest BCUT2D eigenvalue weighted by Gasteiger charge is -2.41. The van der Waals surface area contributed by atoms with E-state index in [0.717, 1.165) is 10.00 Å². The molecule has 0 radical (unpaired) electrons. The molecule has 3 rings (SSSR count). The van der Waals surface area contributed by atoms with Crippen molar-refractivity contribution in [2.24, 2.45) is 12.8 Å². The van der Waals surface area contributed by atoms with E-state index in [-0.39, 0.29) is 37.3 Å². The first-order valence-electron chi connectivity index (χ1n) is 11.3. The summed E-state index contributed by atoms with van der Waals surface area (Å²) in [7, 11) is -2.24. The van der Waals surface area contributed by atoms with Crippen LogP contribution in [0.25, 0.3) is 0 Å². The summed E-state index contributed by atoms with van der Waals surface area (Å²) in [4.78, 5) is 28.1. The number of nitrogens with one attached hydrogen (secondary N) is 1. The summed E-state index contributed by atoms with van der Waals surface area (Å²) in [5.41, 5.74) is 6.89. The molecule has 10 nitrogen and oxygen atoms in total. The molecule has 3 N–H and O–H groups in total. The number of aryl methyl sites for hydroxylation is 1. The molecule has 1 aliphatic heterocycles. The molecular weight excluding hydrogens is 456 g/mol. The number of nitrogens with two attached hydrogens (primary N) is 1. The first kappa shape index (κ1) is 25.9. The summed E-state index contributed by atoms with van der Waals surface area (Å²) in [5.74, 6) is -1.29. The molecular formula is C23H34N6O4S. The van der Waals surface area contributed by atoms with Gasteiger partial charge in [-0.05, 0) is 18.1 Å². The lowest BCUT2D eigenvalue weighted by molar-refractivity contribution is -0.130. The van der Waals surface area contributed by atoms with Gasteiger partial charge in [0, 0.05) is 38.6 Å². The Bertz CT molecular complexity index is 1120. The third-order valence-electron chi connectivity index (χ3n) is 5.70. The fourth-order valence-electron chi connectivity index (χ4n) is 3.91. The van der Waals surface area contributed by atoms with Crippen LogP contribution in [0.5, 0.6) is 0 Å². The van der Waals surface area contributed by atoms with Crippen LogP contribution in [0.15, 0.2) is 36.4 Å². The van der Waals surface area contributed by atoms with Gasteiger partial charge in [-0.15, -0.1) is 0 Å². The highest BCUT2D eigenvalue weighted by molar-refractivity contribution is 7.88. The highest BCUT2D eigenvalue weighted by Gasteiger charge is 2.44. The number of amides is 2. The smallest absolute Gasteiger partial charge is 0.273 e. The van der Waals surface area contributed by atoms with Gasteiger partial charge in [-0.25, -0.2) is 8.42 Å². The van der Waals surface area contributed by atoms with E-state index in [2.05, 4.69) is 10.4 Å². The van der Waals surface area contributed by atoms with Gasteiger partial charge < -0.3 is 16.0 Å². The molecule has 1 aromatic carbocycles. The average molecular weight is 491 g/mol. The Morgan fingerprint density at radius 1 is 1.18 bits per heavy atom. The molecule has 34 heavy (non-hydrogen) atoms. The highest BCUT2D eigenvalue weighted by Crippen LogP contribution is 2.26. The van der Waals surface area contributed by atoms with Crippen molar-refractivity contribution in [2.45, 2.75) is 44.5 Å². The average Bonchev–Trinajstić information content (AvgIpc) is 3.19. The summed E-state index contributed by atoms with van der Waals surface area (Å²) in [6.45, 7) is 6.72. The molecule has 1 fully saturated rings. The third-order valence-corrected chi connectivity index (χ3v) is 7.50. The Labute approximate surface area is 201 Å². The van der Waals surface area contributed by atoms with Crippen LogP contribution in [0.1, 0.15) is 48.9 Å². The van der Waals surface area contributed by atoms with Crippen LogP contribution in [0.4, 0.5) is 0 Å². The lowest BCUT2D eigenvalue weighted by Crippen LogP contribution is -2.63. The molecule has 0 bridgehead atoms. The highest BCUT2D eigenvalue weighted by atomic mass is 32.2. The van der Waals surface area contributed by atoms with E-state index in [1.165, 1.54) is 9.58 Å². The standard InChI is InChI=1S/C23H34N6O4S/c1-23(2,3)19-15-18(27(4)26-19)22(31)28-13-8-14-29(21(28)20(30)25-12-11-24)34(32,33)16-17-9-6-5-7-10-17/h5-7,9-10,15,21H,8,11-14,16,24H2,1-4H3,(H,25,30). The molecule has 2 aromatic rings. The summed E-state index contributed by atoms with van der Waals surface area (Å²) < 4.78 is 29.4. The number of carbonyl (C=O) groups excluding carboxylic acids is 2. The van der Waals surface area contributed by atoms with Gasteiger partial charge >= 0.3 is 0 Å². The molecule has 1 saturated heterocycles. The Hall–Kier alpha value is -2.76. The second kappa shape index (κ2) is 10.2. The van der Waals surface area contributed by atoms with Gasteiger partial charge in [0.15, 0.2) is 6.17 Å². The maximum atomic E-state index is 13.6. The zero-order valence-corrected chi connectivity index (χ0v) is 21.0. The fraction of sp³-hybridized carbons (Fsp3) is 0.522. The van der Waals surface area contributed by atoms with Crippen LogP contribution in [0.3, 0.4) is 0 Å². The second-order valence-electron chi connectivity index (χ2n) is 9.45. The minimum atomic E-state index is -3.91. The zero-order chi connectivity index (χ0) is 25.1. The van der Waals surface area contributed by atoms with E-state index in [4.69, 9.17) is 5.73 Å². The summed E-state index contributed by atoms with van der Waals surface area (Å²) >= 11 is 0. The largest absolute Gasteiger partial charge is 0.352 e. The summed E-state index contributed by atoms with van der Waals surface area (Å²) in [6.07, 6.45) is -0.903. The van der Waals surface area contributed by atoms with Crippen molar-refractivity contribution in [1.29, 1.82) is 0 Å². The second-order valence-corrected chi connectivity index (χ2v) is 11.4. The van der Waals surface area contributed by atoms with Crippen LogP contribution in [-0.4, -0.2) is 71.6 Å². The van der Waals surface area contributed by atoms with Gasteiger partial charge in [-0.2, -0.15) is 9.40 Å². The fourth-order valence-corrected chi connectivity index (χ4v) is 5.61. The Balaban J connectivity index is 1.98. The van der Waals surface area contributed by atoms with Crippen molar-refractivity contribution < 1.29 is 18.0 Å². The van der Waals surface area contributed by atoms with Crippen LogP contribution < -0.4 is 11.1 Å². The lowest BCUT2D eigenvalue weighted by atomic mass is 9.92. The first-order chi connectivity index (χ1) is 16.0. The number of nitrogens with zero attached hydrogens (tertiary/aromatic N) is 4. The number of hydrogen-bond acceptors (Lipinski definition) is 6. The molecule has 1 aromatic heterocycles. The van der Waals surface area contributed by atoms with E-state index in [1.54, 1.807) is 43.4 Å². The van der Waals surface area contributed by atoms with Gasteiger partial charge in [-0.1, -0.05) is 51.1 Å². The molecule has 186 valence electrons. The third kappa shape index (κ3) is 5.65. The number of benzene rings is 1. The van der Waals surface area contributed by atoms with Crippen molar-refractivity contribution in [2.75, 3.05) is 26.2 Å². The van der Waals surface area contributed by atoms with Crippen molar-refractivity contribution in [1.82, 2.24) is 24.3 Å². The van der Waals surface area contributed by atoms with Crippen LogP contribution in [0.2, 0.25) is 0 Å². The Kier molecular flexibility index (Phi) is 7.79. The maximum Gasteiger partial charge on any atom is 0.273 e. The maximum absolute atomic E-state index is 13.6. The van der Waals surface area contributed by atoms with Gasteiger partial charge in [0.2, 0.25) is 10.0 Å². The minimum absolute atomic E-state index is 0.137. The van der Waals surface area contributed by atoms with E-state index >= 15 is 0 Å². The van der Waals surface area contributed by atoms with Crippen LogP contribution in [-0.2, 0) is 33.0 Å². The predicted octanol–water partition coefficient (Wildman–Crippen LogP) is 0.797. The quantitative estimate of drug-likeness (QED) is 0.590. The molecule has 1 unspecified atom stereocenters. The normalized spacial score (nSPS) is 17.6. The zero-order valence-electron chi connectivity index (χ0n) is 20.2. The first-order valence-corrected chi connectivity index (χ1v) is 12.9. The Morgan fingerprint density at radius 3 is 2.44 bits per heavy atom. The topological polar surface area (TPSA) is 131 Å². The summed E-state index contributed by atoms with van der Waals surface area (Å²) in [5, 5.41) is 7.12. The van der Waals surface area contributed by atoms with Crippen molar-refractivity contribution in [3.63, 3.8) is 0 Å². The van der Waals surface area contributed by atoms with E-state index in [9.17, 15) is 18.0 Å². The molecule has 0 aliphatic carbocycles. The molecule has 0 spiro atoms.